The van der Waals surface area contributed by atoms with Gasteiger partial charge in [0, 0.05) is 5.41 Å². The zero-order valence-electron chi connectivity index (χ0n) is 13.8. The minimum Gasteiger partial charge on any atom is -0.0683 e. The smallest absolute Gasteiger partial charge is 0.0184 e. The van der Waals surface area contributed by atoms with Crippen LogP contribution in [-0.2, 0) is 5.41 Å². The van der Waals surface area contributed by atoms with E-state index in [4.69, 9.17) is 0 Å². The Hall–Kier alpha value is -1.56. The molecule has 0 saturated carbocycles. The molecule has 0 heteroatoms. The summed E-state index contributed by atoms with van der Waals surface area (Å²) in [5, 5.41) is 0. The molecule has 0 saturated heterocycles. The van der Waals surface area contributed by atoms with Crippen molar-refractivity contribution in [2.24, 2.45) is 0 Å². The number of benzene rings is 2. The van der Waals surface area contributed by atoms with Crippen LogP contribution in [0.5, 0.6) is 0 Å². The molecule has 0 aromatic heterocycles. The van der Waals surface area contributed by atoms with Crippen LogP contribution in [0, 0.1) is 0 Å². The van der Waals surface area contributed by atoms with Gasteiger partial charge in [-0.3, -0.25) is 0 Å². The largest absolute Gasteiger partial charge is 0.0683 e. The molecule has 3 rings (SSSR count). The quantitative estimate of drug-likeness (QED) is 0.558. The third-order valence-corrected chi connectivity index (χ3v) is 4.04. The van der Waals surface area contributed by atoms with Gasteiger partial charge in [0.05, 0.1) is 0 Å². The van der Waals surface area contributed by atoms with E-state index in [9.17, 15) is 0 Å². The second-order valence-corrected chi connectivity index (χ2v) is 4.78. The molecule has 0 nitrogen and oxygen atoms in total. The van der Waals surface area contributed by atoms with E-state index >= 15 is 0 Å². The molecule has 2 aromatic rings. The van der Waals surface area contributed by atoms with Crippen LogP contribution in [0.1, 0.15) is 59.1 Å². The Morgan fingerprint density at radius 3 is 1.40 bits per heavy atom. The average molecular weight is 268 g/mol. The molecule has 0 heterocycles. The molecule has 0 fully saturated rings. The van der Waals surface area contributed by atoms with Crippen LogP contribution in [0.25, 0.3) is 11.1 Å². The second kappa shape index (κ2) is 7.28. The molecular weight excluding hydrogens is 240 g/mol. The average Bonchev–Trinajstić information content (AvgIpc) is 2.82. The normalized spacial score (nSPS) is 13.1. The fourth-order valence-corrected chi connectivity index (χ4v) is 2.92. The van der Waals surface area contributed by atoms with Crippen LogP contribution in [-0.4, -0.2) is 0 Å². The van der Waals surface area contributed by atoms with E-state index in [-0.39, 0.29) is 5.41 Å². The number of fused-ring (bicyclic) bond motifs is 3. The highest BCUT2D eigenvalue weighted by atomic mass is 14.4. The Labute approximate surface area is 124 Å². The highest BCUT2D eigenvalue weighted by Gasteiger charge is 2.36. The van der Waals surface area contributed by atoms with Gasteiger partial charge in [0.25, 0.3) is 0 Å². The summed E-state index contributed by atoms with van der Waals surface area (Å²) < 4.78 is 0. The predicted octanol–water partition coefficient (Wildman–Crippen LogP) is 6.44. The zero-order valence-corrected chi connectivity index (χ0v) is 13.8. The van der Waals surface area contributed by atoms with Crippen molar-refractivity contribution < 1.29 is 0 Å². The second-order valence-electron chi connectivity index (χ2n) is 4.78. The summed E-state index contributed by atoms with van der Waals surface area (Å²) in [7, 11) is 0. The van der Waals surface area contributed by atoms with Crippen LogP contribution in [0.15, 0.2) is 48.5 Å². The first-order valence-corrected chi connectivity index (χ1v) is 7.97. The van der Waals surface area contributed by atoms with Gasteiger partial charge in [-0.05, 0) is 28.7 Å². The summed E-state index contributed by atoms with van der Waals surface area (Å²) in [5.41, 5.74) is 6.01. The van der Waals surface area contributed by atoms with E-state index < -0.39 is 0 Å². The van der Waals surface area contributed by atoms with E-state index in [2.05, 4.69) is 62.4 Å². The molecule has 0 N–H and O–H groups in total. The molecule has 0 unspecified atom stereocenters. The van der Waals surface area contributed by atoms with Crippen molar-refractivity contribution >= 4 is 0 Å². The predicted molar refractivity (Wildman–Crippen MR) is 91.3 cm³/mol. The Bertz CT molecular complexity index is 492. The van der Waals surface area contributed by atoms with Crippen molar-refractivity contribution in [3.05, 3.63) is 59.7 Å². The molecule has 0 bridgehead atoms. The summed E-state index contributed by atoms with van der Waals surface area (Å²) in [6.45, 7) is 12.6. The van der Waals surface area contributed by atoms with Crippen LogP contribution >= 0.6 is 0 Å². The van der Waals surface area contributed by atoms with E-state index in [1.807, 2.05) is 27.7 Å². The Morgan fingerprint density at radius 1 is 0.700 bits per heavy atom. The van der Waals surface area contributed by atoms with E-state index in [0.717, 1.165) is 6.42 Å². The summed E-state index contributed by atoms with van der Waals surface area (Å²) in [6, 6.07) is 17.6. The van der Waals surface area contributed by atoms with E-state index in [0.29, 0.717) is 0 Å². The molecule has 2 aromatic carbocycles. The molecule has 1 aliphatic carbocycles. The fourth-order valence-electron chi connectivity index (χ4n) is 2.92. The lowest BCUT2D eigenvalue weighted by Gasteiger charge is -2.25. The van der Waals surface area contributed by atoms with Crippen molar-refractivity contribution in [1.29, 1.82) is 0 Å². The summed E-state index contributed by atoms with van der Waals surface area (Å²) in [5.74, 6) is 0. The molecule has 0 spiro atoms. The number of rotatable bonds is 1. The van der Waals surface area contributed by atoms with Gasteiger partial charge < -0.3 is 0 Å². The molecule has 108 valence electrons. The first kappa shape index (κ1) is 16.5. The van der Waals surface area contributed by atoms with Gasteiger partial charge in [-0.25, -0.2) is 0 Å². The molecular formula is C20H28. The van der Waals surface area contributed by atoms with Crippen LogP contribution < -0.4 is 0 Å². The van der Waals surface area contributed by atoms with Gasteiger partial charge >= 0.3 is 0 Å². The Balaban J connectivity index is 0.000000461. The van der Waals surface area contributed by atoms with Crippen molar-refractivity contribution in [1.82, 2.24) is 0 Å². The van der Waals surface area contributed by atoms with Gasteiger partial charge in [-0.1, -0.05) is 90.1 Å². The highest BCUT2D eigenvalue weighted by Crippen LogP contribution is 2.49. The first-order chi connectivity index (χ1) is 9.77. The van der Waals surface area contributed by atoms with Gasteiger partial charge in [-0.2, -0.15) is 0 Å². The maximum absolute atomic E-state index is 2.36. The van der Waals surface area contributed by atoms with Crippen molar-refractivity contribution in [3.8, 4) is 11.1 Å². The van der Waals surface area contributed by atoms with Crippen molar-refractivity contribution in [2.75, 3.05) is 0 Å². The lowest BCUT2D eigenvalue weighted by atomic mass is 9.78. The number of hydrogen-bond acceptors (Lipinski definition) is 0. The van der Waals surface area contributed by atoms with Gasteiger partial charge in [-0.15, -0.1) is 0 Å². The summed E-state index contributed by atoms with van der Waals surface area (Å²) in [4.78, 5) is 0. The van der Waals surface area contributed by atoms with Crippen LogP contribution in [0.3, 0.4) is 0 Å². The monoisotopic (exact) mass is 268 g/mol. The summed E-state index contributed by atoms with van der Waals surface area (Å²) >= 11 is 0. The molecule has 0 atom stereocenters. The minimum atomic E-state index is 0.202. The van der Waals surface area contributed by atoms with Crippen molar-refractivity contribution in [2.45, 2.75) is 53.4 Å². The maximum atomic E-state index is 2.36. The summed E-state index contributed by atoms with van der Waals surface area (Å²) in [6.07, 6.45) is 1.15. The Kier molecular flexibility index (Phi) is 6.01. The molecule has 0 aliphatic heterocycles. The van der Waals surface area contributed by atoms with Crippen molar-refractivity contribution in [3.63, 3.8) is 0 Å². The van der Waals surface area contributed by atoms with Crippen LogP contribution in [0.2, 0.25) is 0 Å². The van der Waals surface area contributed by atoms with E-state index in [1.165, 1.54) is 22.3 Å². The lowest BCUT2D eigenvalue weighted by Crippen LogP contribution is -2.18. The van der Waals surface area contributed by atoms with Gasteiger partial charge in [0.2, 0.25) is 0 Å². The first-order valence-electron chi connectivity index (χ1n) is 7.97. The standard InChI is InChI=1S/C16H16.2C2H6/c1-3-16(2)14-10-6-4-8-12(14)13-9-5-7-11-15(13)16;2*1-2/h4-11H,3H2,1-2H3;2*1-2H3. The third-order valence-electron chi connectivity index (χ3n) is 4.04. The molecule has 1 aliphatic rings. The highest BCUT2D eigenvalue weighted by molar-refractivity contribution is 5.80. The molecule has 20 heavy (non-hydrogen) atoms. The lowest BCUT2D eigenvalue weighted by molar-refractivity contribution is 0.564. The fraction of sp³-hybridized carbons (Fsp3) is 0.400. The topological polar surface area (TPSA) is 0 Å². The Morgan fingerprint density at radius 2 is 1.05 bits per heavy atom. The van der Waals surface area contributed by atoms with Gasteiger partial charge in [0.1, 0.15) is 0 Å². The van der Waals surface area contributed by atoms with Gasteiger partial charge in [0.15, 0.2) is 0 Å². The number of hydrogen-bond donors (Lipinski definition) is 0. The zero-order chi connectivity index (χ0) is 15.2. The maximum Gasteiger partial charge on any atom is 0.0184 e. The minimum absolute atomic E-state index is 0.202. The molecule has 0 amide bonds. The van der Waals surface area contributed by atoms with E-state index in [1.54, 1.807) is 0 Å². The third kappa shape index (κ3) is 2.52. The molecule has 0 radical (unpaired) electrons. The van der Waals surface area contributed by atoms with Crippen LogP contribution in [0.4, 0.5) is 0 Å². The SMILES string of the molecule is CC.CC.CCC1(C)c2ccccc2-c2ccccc21.